The van der Waals surface area contributed by atoms with Crippen molar-refractivity contribution in [3.05, 3.63) is 12.2 Å². The van der Waals surface area contributed by atoms with Crippen molar-refractivity contribution < 1.29 is 0 Å². The highest BCUT2D eigenvalue weighted by molar-refractivity contribution is 5.67. The number of rotatable bonds is 2. The van der Waals surface area contributed by atoms with Gasteiger partial charge in [-0.3, -0.25) is 4.99 Å². The molecule has 0 aromatic carbocycles. The minimum atomic E-state index is 0.367. The third-order valence-corrected chi connectivity index (χ3v) is 1.58. The van der Waals surface area contributed by atoms with E-state index in [2.05, 4.69) is 36.3 Å². The van der Waals surface area contributed by atoms with E-state index in [0.29, 0.717) is 12.1 Å². The fourth-order valence-electron chi connectivity index (χ4n) is 1.01. The molecule has 0 saturated heterocycles. The fourth-order valence-corrected chi connectivity index (χ4v) is 1.01. The van der Waals surface area contributed by atoms with Crippen molar-refractivity contribution in [2.45, 2.75) is 32.4 Å². The van der Waals surface area contributed by atoms with Gasteiger partial charge in [0, 0.05) is 12.3 Å². The number of hydrogen-bond acceptors (Lipinski definition) is 2. The topological polar surface area (TPSA) is 24.4 Å². The third-order valence-electron chi connectivity index (χ3n) is 1.58. The highest BCUT2D eigenvalue weighted by atomic mass is 14.9. The SMILES string of the molecule is CC(C)N=CC1C=CCCN1. The molecule has 62 valence electrons. The molecule has 1 unspecified atom stereocenters. The summed E-state index contributed by atoms with van der Waals surface area (Å²) in [5, 5.41) is 3.34. The average Bonchev–Trinajstić information content (AvgIpc) is 2.03. The highest BCUT2D eigenvalue weighted by Crippen LogP contribution is 1.95. The molecule has 0 saturated carbocycles. The summed E-state index contributed by atoms with van der Waals surface area (Å²) in [6, 6.07) is 0.776. The second kappa shape index (κ2) is 4.29. The van der Waals surface area contributed by atoms with E-state index in [9.17, 15) is 0 Å². The van der Waals surface area contributed by atoms with Crippen LogP contribution in [-0.2, 0) is 0 Å². The van der Waals surface area contributed by atoms with Gasteiger partial charge in [0.2, 0.25) is 0 Å². The van der Waals surface area contributed by atoms with Crippen molar-refractivity contribution in [3.8, 4) is 0 Å². The lowest BCUT2D eigenvalue weighted by Gasteiger charge is -2.13. The Balaban J connectivity index is 2.35. The smallest absolute Gasteiger partial charge is 0.0606 e. The quantitative estimate of drug-likeness (QED) is 0.469. The summed E-state index contributed by atoms with van der Waals surface area (Å²) in [5.74, 6) is 0. The normalized spacial score (nSPS) is 25.2. The van der Waals surface area contributed by atoms with Crippen molar-refractivity contribution in [1.82, 2.24) is 5.32 Å². The lowest BCUT2D eigenvalue weighted by Crippen LogP contribution is -2.32. The van der Waals surface area contributed by atoms with E-state index in [4.69, 9.17) is 0 Å². The molecule has 1 N–H and O–H groups in total. The molecule has 0 aromatic rings. The van der Waals surface area contributed by atoms with Crippen molar-refractivity contribution in [1.29, 1.82) is 0 Å². The molecule has 1 atom stereocenters. The largest absolute Gasteiger partial charge is 0.306 e. The van der Waals surface area contributed by atoms with Gasteiger partial charge in [-0.1, -0.05) is 12.2 Å². The number of nitrogens with zero attached hydrogens (tertiary/aromatic N) is 1. The van der Waals surface area contributed by atoms with E-state index >= 15 is 0 Å². The standard InChI is InChI=1S/C9H16N2/c1-8(2)11-7-9-5-3-4-6-10-9/h3,5,7-10H,4,6H2,1-2H3. The molecule has 1 aliphatic heterocycles. The number of nitrogens with one attached hydrogen (secondary N) is 1. The van der Waals surface area contributed by atoms with E-state index in [-0.39, 0.29) is 0 Å². The van der Waals surface area contributed by atoms with Gasteiger partial charge in [0.25, 0.3) is 0 Å². The Bertz CT molecular complexity index is 159. The lowest BCUT2D eigenvalue weighted by atomic mass is 10.2. The molecular formula is C9H16N2. The predicted molar refractivity (Wildman–Crippen MR) is 49.2 cm³/mol. The van der Waals surface area contributed by atoms with E-state index in [0.717, 1.165) is 13.0 Å². The van der Waals surface area contributed by atoms with Gasteiger partial charge in [0.15, 0.2) is 0 Å². The zero-order chi connectivity index (χ0) is 8.10. The Morgan fingerprint density at radius 1 is 1.64 bits per heavy atom. The molecule has 0 amide bonds. The van der Waals surface area contributed by atoms with Gasteiger partial charge in [-0.15, -0.1) is 0 Å². The fraction of sp³-hybridized carbons (Fsp3) is 0.667. The average molecular weight is 152 g/mol. The van der Waals surface area contributed by atoms with Crippen LogP contribution in [0.3, 0.4) is 0 Å². The molecular weight excluding hydrogens is 136 g/mol. The first-order valence-corrected chi connectivity index (χ1v) is 4.22. The molecule has 1 heterocycles. The van der Waals surface area contributed by atoms with Crippen LogP contribution in [0, 0.1) is 0 Å². The molecule has 0 aromatic heterocycles. The number of hydrogen-bond donors (Lipinski definition) is 1. The zero-order valence-electron chi connectivity index (χ0n) is 7.25. The zero-order valence-corrected chi connectivity index (χ0v) is 7.25. The second-order valence-electron chi connectivity index (χ2n) is 3.09. The molecule has 1 rings (SSSR count). The minimum Gasteiger partial charge on any atom is -0.306 e. The van der Waals surface area contributed by atoms with Crippen LogP contribution in [0.1, 0.15) is 20.3 Å². The summed E-state index contributed by atoms with van der Waals surface area (Å²) < 4.78 is 0. The Hall–Kier alpha value is -0.630. The summed E-state index contributed by atoms with van der Waals surface area (Å²) in [4.78, 5) is 4.31. The van der Waals surface area contributed by atoms with Crippen LogP contribution < -0.4 is 5.32 Å². The lowest BCUT2D eigenvalue weighted by molar-refractivity contribution is 0.674. The molecule has 2 nitrogen and oxygen atoms in total. The first-order chi connectivity index (χ1) is 5.29. The molecule has 0 fully saturated rings. The minimum absolute atomic E-state index is 0.367. The van der Waals surface area contributed by atoms with Crippen molar-refractivity contribution >= 4 is 6.21 Å². The number of aliphatic imine (C=N–C) groups is 1. The van der Waals surface area contributed by atoms with E-state index < -0.39 is 0 Å². The monoisotopic (exact) mass is 152 g/mol. The van der Waals surface area contributed by atoms with Crippen LogP contribution in [0.25, 0.3) is 0 Å². The van der Waals surface area contributed by atoms with E-state index in [1.165, 1.54) is 0 Å². The molecule has 0 bridgehead atoms. The van der Waals surface area contributed by atoms with E-state index in [1.54, 1.807) is 0 Å². The summed E-state index contributed by atoms with van der Waals surface area (Å²) in [5.41, 5.74) is 0. The van der Waals surface area contributed by atoms with Crippen molar-refractivity contribution in [2.75, 3.05) is 6.54 Å². The Morgan fingerprint density at radius 3 is 3.00 bits per heavy atom. The first-order valence-electron chi connectivity index (χ1n) is 4.22. The van der Waals surface area contributed by atoms with Crippen LogP contribution in [0.4, 0.5) is 0 Å². The second-order valence-corrected chi connectivity index (χ2v) is 3.09. The van der Waals surface area contributed by atoms with Crippen molar-refractivity contribution in [2.24, 2.45) is 4.99 Å². The predicted octanol–water partition coefficient (Wildman–Crippen LogP) is 1.38. The summed E-state index contributed by atoms with van der Waals surface area (Å²) in [6.07, 6.45) is 7.50. The van der Waals surface area contributed by atoms with Crippen molar-refractivity contribution in [3.63, 3.8) is 0 Å². The molecule has 1 aliphatic rings. The van der Waals surface area contributed by atoms with E-state index in [1.807, 2.05) is 6.21 Å². The van der Waals surface area contributed by atoms with Gasteiger partial charge in [-0.05, 0) is 26.8 Å². The van der Waals surface area contributed by atoms with Crippen LogP contribution in [0.15, 0.2) is 17.1 Å². The Kier molecular flexibility index (Phi) is 3.30. The summed E-state index contributed by atoms with van der Waals surface area (Å²) >= 11 is 0. The maximum absolute atomic E-state index is 4.31. The molecule has 0 spiro atoms. The maximum Gasteiger partial charge on any atom is 0.0606 e. The highest BCUT2D eigenvalue weighted by Gasteiger charge is 2.02. The van der Waals surface area contributed by atoms with Gasteiger partial charge in [0.05, 0.1) is 6.04 Å². The third kappa shape index (κ3) is 3.33. The molecule has 2 heteroatoms. The van der Waals surface area contributed by atoms with Gasteiger partial charge < -0.3 is 5.32 Å². The van der Waals surface area contributed by atoms with Crippen LogP contribution >= 0.6 is 0 Å². The Morgan fingerprint density at radius 2 is 2.45 bits per heavy atom. The Labute approximate surface area is 68.4 Å². The van der Waals surface area contributed by atoms with Crippen LogP contribution in [0.5, 0.6) is 0 Å². The van der Waals surface area contributed by atoms with Crippen LogP contribution in [-0.4, -0.2) is 24.8 Å². The molecule has 0 aliphatic carbocycles. The maximum atomic E-state index is 4.31. The van der Waals surface area contributed by atoms with Gasteiger partial charge in [-0.2, -0.15) is 0 Å². The van der Waals surface area contributed by atoms with Gasteiger partial charge in [0.1, 0.15) is 0 Å². The van der Waals surface area contributed by atoms with Crippen LogP contribution in [0.2, 0.25) is 0 Å². The summed E-state index contributed by atoms with van der Waals surface area (Å²) in [6.45, 7) is 5.25. The van der Waals surface area contributed by atoms with Gasteiger partial charge in [-0.25, -0.2) is 0 Å². The molecule has 11 heavy (non-hydrogen) atoms. The molecule has 0 radical (unpaired) electrons. The van der Waals surface area contributed by atoms with Gasteiger partial charge >= 0.3 is 0 Å². The summed E-state index contributed by atoms with van der Waals surface area (Å²) in [7, 11) is 0. The first kappa shape index (κ1) is 8.47.